The van der Waals surface area contributed by atoms with Crippen molar-refractivity contribution in [2.45, 2.75) is 51.1 Å². The van der Waals surface area contributed by atoms with Crippen LogP contribution >= 0.6 is 11.3 Å². The molecule has 1 N–H and O–H groups in total. The van der Waals surface area contributed by atoms with Crippen LogP contribution in [0.15, 0.2) is 12.1 Å². The molecule has 3 heteroatoms. The summed E-state index contributed by atoms with van der Waals surface area (Å²) in [5.74, 6) is 0. The SMILES string of the molecule is CCc1ccc(C(C)NCC2(N(C)C)CCC2)s1. The zero-order valence-electron chi connectivity index (χ0n) is 12.1. The van der Waals surface area contributed by atoms with Gasteiger partial charge in [-0.05, 0) is 58.8 Å². The van der Waals surface area contributed by atoms with E-state index in [1.54, 1.807) is 0 Å². The fourth-order valence-corrected chi connectivity index (χ4v) is 3.61. The molecule has 0 spiro atoms. The maximum atomic E-state index is 3.73. The summed E-state index contributed by atoms with van der Waals surface area (Å²) in [7, 11) is 4.43. The third-order valence-corrected chi connectivity index (χ3v) is 5.84. The van der Waals surface area contributed by atoms with E-state index < -0.39 is 0 Å². The molecule has 0 aromatic carbocycles. The number of thiophene rings is 1. The van der Waals surface area contributed by atoms with Gasteiger partial charge in [-0.1, -0.05) is 6.92 Å². The summed E-state index contributed by atoms with van der Waals surface area (Å²) in [6, 6.07) is 5.03. The molecule has 1 atom stereocenters. The molecule has 0 radical (unpaired) electrons. The van der Waals surface area contributed by atoms with Crippen LogP contribution in [0.2, 0.25) is 0 Å². The molecule has 1 aromatic rings. The van der Waals surface area contributed by atoms with Crippen LogP contribution in [0.3, 0.4) is 0 Å². The lowest BCUT2D eigenvalue weighted by molar-refractivity contribution is 0.0577. The van der Waals surface area contributed by atoms with Crippen LogP contribution in [0.4, 0.5) is 0 Å². The minimum atomic E-state index is 0.416. The van der Waals surface area contributed by atoms with Gasteiger partial charge in [-0.3, -0.25) is 0 Å². The number of rotatable bonds is 6. The lowest BCUT2D eigenvalue weighted by atomic mass is 9.75. The number of hydrogen-bond acceptors (Lipinski definition) is 3. The van der Waals surface area contributed by atoms with Crippen LogP contribution in [0, 0.1) is 0 Å². The fraction of sp³-hybridized carbons (Fsp3) is 0.733. The highest BCUT2D eigenvalue weighted by molar-refractivity contribution is 7.12. The van der Waals surface area contributed by atoms with E-state index in [1.165, 1.54) is 29.0 Å². The van der Waals surface area contributed by atoms with Crippen LogP contribution in [0.25, 0.3) is 0 Å². The van der Waals surface area contributed by atoms with Crippen LogP contribution in [-0.4, -0.2) is 31.1 Å². The van der Waals surface area contributed by atoms with Gasteiger partial charge in [-0.2, -0.15) is 0 Å². The molecule has 2 rings (SSSR count). The summed E-state index contributed by atoms with van der Waals surface area (Å²) in [4.78, 5) is 5.37. The van der Waals surface area contributed by atoms with Crippen LogP contribution in [0.1, 0.15) is 48.9 Å². The molecule has 0 saturated heterocycles. The van der Waals surface area contributed by atoms with Crippen molar-refractivity contribution in [3.63, 3.8) is 0 Å². The van der Waals surface area contributed by atoms with E-state index >= 15 is 0 Å². The second-order valence-corrected chi connectivity index (χ2v) is 6.93. The van der Waals surface area contributed by atoms with Gasteiger partial charge in [0.15, 0.2) is 0 Å². The Bertz CT molecular complexity index is 380. The van der Waals surface area contributed by atoms with Crippen LogP contribution in [0.5, 0.6) is 0 Å². The first-order chi connectivity index (χ1) is 8.57. The molecule has 0 amide bonds. The highest BCUT2D eigenvalue weighted by Gasteiger charge is 2.38. The van der Waals surface area contributed by atoms with Gasteiger partial charge in [0.1, 0.15) is 0 Å². The summed E-state index contributed by atoms with van der Waals surface area (Å²) in [5, 5.41) is 3.73. The van der Waals surface area contributed by atoms with E-state index in [2.05, 4.69) is 50.3 Å². The van der Waals surface area contributed by atoms with Crippen molar-refractivity contribution < 1.29 is 0 Å². The third kappa shape index (κ3) is 2.79. The number of nitrogens with zero attached hydrogens (tertiary/aromatic N) is 1. The lowest BCUT2D eigenvalue weighted by Gasteiger charge is -2.48. The van der Waals surface area contributed by atoms with Crippen molar-refractivity contribution in [2.24, 2.45) is 0 Å². The highest BCUT2D eigenvalue weighted by atomic mass is 32.1. The molecule has 0 aliphatic heterocycles. The van der Waals surface area contributed by atoms with Gasteiger partial charge in [0.05, 0.1) is 0 Å². The molecule has 1 aliphatic rings. The Kier molecular flexibility index (Phi) is 4.46. The van der Waals surface area contributed by atoms with E-state index in [0.29, 0.717) is 11.6 Å². The molecule has 1 aromatic heterocycles. The molecule has 1 fully saturated rings. The largest absolute Gasteiger partial charge is 0.308 e. The fourth-order valence-electron chi connectivity index (χ4n) is 2.63. The minimum Gasteiger partial charge on any atom is -0.308 e. The van der Waals surface area contributed by atoms with Gasteiger partial charge in [0, 0.05) is 27.9 Å². The molecule has 2 nitrogen and oxygen atoms in total. The number of hydrogen-bond donors (Lipinski definition) is 1. The zero-order valence-corrected chi connectivity index (χ0v) is 12.9. The van der Waals surface area contributed by atoms with Crippen molar-refractivity contribution in [1.82, 2.24) is 10.2 Å². The summed E-state index contributed by atoms with van der Waals surface area (Å²) in [6.07, 6.45) is 5.21. The Balaban J connectivity index is 1.89. The second kappa shape index (κ2) is 5.72. The third-order valence-electron chi connectivity index (χ3n) is 4.43. The van der Waals surface area contributed by atoms with Gasteiger partial charge < -0.3 is 10.2 Å². The first-order valence-corrected chi connectivity index (χ1v) is 7.88. The number of nitrogens with one attached hydrogen (secondary N) is 1. The van der Waals surface area contributed by atoms with Crippen molar-refractivity contribution in [3.05, 3.63) is 21.9 Å². The molecule has 1 heterocycles. The van der Waals surface area contributed by atoms with Crippen LogP contribution in [-0.2, 0) is 6.42 Å². The Morgan fingerprint density at radius 1 is 1.39 bits per heavy atom. The normalized spacial score (nSPS) is 19.8. The molecule has 1 unspecified atom stereocenters. The van der Waals surface area contributed by atoms with Gasteiger partial charge in [-0.15, -0.1) is 11.3 Å². The summed E-state index contributed by atoms with van der Waals surface area (Å²) >= 11 is 1.95. The molecule has 18 heavy (non-hydrogen) atoms. The number of aryl methyl sites for hydroxylation is 1. The Morgan fingerprint density at radius 3 is 2.56 bits per heavy atom. The average Bonchev–Trinajstić information content (AvgIpc) is 2.75. The molecular formula is C15H26N2S. The monoisotopic (exact) mass is 266 g/mol. The lowest BCUT2D eigenvalue weighted by Crippen LogP contribution is -2.56. The average molecular weight is 266 g/mol. The van der Waals surface area contributed by atoms with Crippen molar-refractivity contribution in [3.8, 4) is 0 Å². The van der Waals surface area contributed by atoms with Crippen molar-refractivity contribution in [2.75, 3.05) is 20.6 Å². The Hall–Kier alpha value is -0.380. The topological polar surface area (TPSA) is 15.3 Å². The van der Waals surface area contributed by atoms with Crippen molar-refractivity contribution in [1.29, 1.82) is 0 Å². The number of likely N-dealkylation sites (N-methyl/N-ethyl adjacent to an activating group) is 1. The van der Waals surface area contributed by atoms with Gasteiger partial charge in [0.25, 0.3) is 0 Å². The van der Waals surface area contributed by atoms with Gasteiger partial charge in [0.2, 0.25) is 0 Å². The molecule has 1 saturated carbocycles. The second-order valence-electron chi connectivity index (χ2n) is 5.73. The molecule has 102 valence electrons. The predicted molar refractivity (Wildman–Crippen MR) is 80.4 cm³/mol. The maximum Gasteiger partial charge on any atom is 0.0386 e. The maximum absolute atomic E-state index is 3.73. The smallest absolute Gasteiger partial charge is 0.0386 e. The standard InChI is InChI=1S/C15H26N2S/c1-5-13-7-8-14(18-13)12(2)16-11-15(17(3)4)9-6-10-15/h7-8,12,16H,5-6,9-11H2,1-4H3. The summed E-state index contributed by atoms with van der Waals surface area (Å²) in [5.41, 5.74) is 0.416. The van der Waals surface area contributed by atoms with Gasteiger partial charge >= 0.3 is 0 Å². The molecule has 0 bridgehead atoms. The van der Waals surface area contributed by atoms with Crippen molar-refractivity contribution >= 4 is 11.3 Å². The first-order valence-electron chi connectivity index (χ1n) is 7.07. The quantitative estimate of drug-likeness (QED) is 0.848. The van der Waals surface area contributed by atoms with E-state index in [1.807, 2.05) is 11.3 Å². The molecular weight excluding hydrogens is 240 g/mol. The highest BCUT2D eigenvalue weighted by Crippen LogP contribution is 2.36. The van der Waals surface area contributed by atoms with E-state index in [4.69, 9.17) is 0 Å². The van der Waals surface area contributed by atoms with E-state index in [0.717, 1.165) is 13.0 Å². The predicted octanol–water partition coefficient (Wildman–Crippen LogP) is 3.45. The first kappa shape index (κ1) is 14.0. The summed E-state index contributed by atoms with van der Waals surface area (Å²) < 4.78 is 0. The summed E-state index contributed by atoms with van der Waals surface area (Å²) in [6.45, 7) is 5.62. The van der Waals surface area contributed by atoms with E-state index in [9.17, 15) is 0 Å². The minimum absolute atomic E-state index is 0.416. The zero-order chi connectivity index (χ0) is 13.2. The molecule has 1 aliphatic carbocycles. The van der Waals surface area contributed by atoms with E-state index in [-0.39, 0.29) is 0 Å². The Morgan fingerprint density at radius 2 is 2.11 bits per heavy atom. The Labute approximate surface area is 115 Å². The van der Waals surface area contributed by atoms with Gasteiger partial charge in [-0.25, -0.2) is 0 Å². The van der Waals surface area contributed by atoms with Crippen LogP contribution < -0.4 is 5.32 Å².